The molecule has 0 spiro atoms. The van der Waals surface area contributed by atoms with E-state index in [9.17, 15) is 14.9 Å². The summed E-state index contributed by atoms with van der Waals surface area (Å²) < 4.78 is 0. The number of likely N-dealkylation sites (N-methyl/N-ethyl adjacent to an activating group) is 1. The first-order valence-electron chi connectivity index (χ1n) is 9.21. The number of fused-ring (bicyclic) bond motifs is 3. The van der Waals surface area contributed by atoms with Gasteiger partial charge in [-0.1, -0.05) is 0 Å². The zero-order chi connectivity index (χ0) is 20.0. The van der Waals surface area contributed by atoms with E-state index in [1.807, 2.05) is 12.1 Å². The number of nitro benzene ring substituents is 1. The summed E-state index contributed by atoms with van der Waals surface area (Å²) in [5.74, 6) is -0.156. The van der Waals surface area contributed by atoms with Gasteiger partial charge in [-0.15, -0.1) is 0 Å². The first kappa shape index (κ1) is 18.3. The molecule has 1 heterocycles. The second kappa shape index (κ2) is 6.85. The Hall–Kier alpha value is -3.03. The van der Waals surface area contributed by atoms with Crippen molar-refractivity contribution in [2.45, 2.75) is 24.9 Å². The third-order valence-corrected chi connectivity index (χ3v) is 5.61. The van der Waals surface area contributed by atoms with Crippen LogP contribution in [0.25, 0.3) is 10.9 Å². The predicted octanol–water partition coefficient (Wildman–Crippen LogP) is 3.18. The second-order valence-corrected chi connectivity index (χ2v) is 7.57. The number of hydrogen-bond acceptors (Lipinski definition) is 5. The van der Waals surface area contributed by atoms with Gasteiger partial charge in [-0.25, -0.2) is 0 Å². The predicted molar refractivity (Wildman–Crippen MR) is 108 cm³/mol. The number of ketones is 1. The maximum atomic E-state index is 12.9. The van der Waals surface area contributed by atoms with Crippen LogP contribution in [0, 0.1) is 10.1 Å². The summed E-state index contributed by atoms with van der Waals surface area (Å²) in [4.78, 5) is 28.8. The summed E-state index contributed by atoms with van der Waals surface area (Å²) in [6, 6.07) is 11.6. The topological polar surface area (TPSA) is 105 Å². The van der Waals surface area contributed by atoms with Crippen LogP contribution in [0.3, 0.4) is 0 Å². The van der Waals surface area contributed by atoms with Crippen molar-refractivity contribution < 1.29 is 9.72 Å². The number of rotatable bonds is 4. The average molecular weight is 378 g/mol. The van der Waals surface area contributed by atoms with E-state index in [0.29, 0.717) is 17.2 Å². The number of nitrogens with one attached hydrogen (secondary N) is 1. The van der Waals surface area contributed by atoms with Crippen molar-refractivity contribution >= 4 is 22.4 Å². The van der Waals surface area contributed by atoms with Crippen LogP contribution < -0.4 is 5.73 Å². The molecule has 1 aliphatic rings. The van der Waals surface area contributed by atoms with E-state index in [-0.39, 0.29) is 17.5 Å². The molecule has 2 aromatic carbocycles. The van der Waals surface area contributed by atoms with Crippen molar-refractivity contribution in [3.8, 4) is 0 Å². The number of nitrogens with two attached hydrogens (primary N) is 1. The van der Waals surface area contributed by atoms with Crippen LogP contribution in [0.15, 0.2) is 42.5 Å². The van der Waals surface area contributed by atoms with E-state index in [1.54, 1.807) is 6.07 Å². The number of nitrogens with zero attached hydrogens (tertiary/aromatic N) is 2. The summed E-state index contributed by atoms with van der Waals surface area (Å²) in [5, 5.41) is 11.8. The van der Waals surface area contributed by atoms with Gasteiger partial charge in [0.25, 0.3) is 5.69 Å². The number of hydrogen-bond donors (Lipinski definition) is 2. The highest BCUT2D eigenvalue weighted by atomic mass is 16.6. The normalized spacial score (nSPS) is 19.0. The maximum absolute atomic E-state index is 12.9. The molecule has 28 heavy (non-hydrogen) atoms. The summed E-state index contributed by atoms with van der Waals surface area (Å²) in [7, 11) is 4.11. The molecule has 0 saturated heterocycles. The fraction of sp³-hybridized carbons (Fsp3) is 0.286. The van der Waals surface area contributed by atoms with Crippen LogP contribution >= 0.6 is 0 Å². The molecule has 3 N–H and O–H groups in total. The molecular formula is C21H22N4O3. The fourth-order valence-corrected chi connectivity index (χ4v) is 3.97. The summed E-state index contributed by atoms with van der Waals surface area (Å²) in [5.41, 5.74) is 10.5. The lowest BCUT2D eigenvalue weighted by atomic mass is 9.87. The van der Waals surface area contributed by atoms with Crippen LogP contribution in [0.5, 0.6) is 0 Å². The Labute approximate surface area is 162 Å². The number of carbonyl (C=O) groups excluding carboxylic acids is 1. The molecule has 2 unspecified atom stereocenters. The standard InChI is InChI=1S/C21H22N4O3/c1-24(2)15-10-17-16-9-13(5-8-19(16)23-20(17)18(22)11-15)21(26)12-3-6-14(7-4-12)25(27)28/h3-9,15,18,23H,10-11,22H2,1-2H3. The van der Waals surface area contributed by atoms with Gasteiger partial charge in [-0.3, -0.25) is 14.9 Å². The molecule has 0 amide bonds. The zero-order valence-corrected chi connectivity index (χ0v) is 15.8. The SMILES string of the molecule is CN(C)C1Cc2c([nH]c3ccc(C(=O)c4ccc([N+](=O)[O-])cc4)cc23)C(N)C1. The van der Waals surface area contributed by atoms with Gasteiger partial charge in [0.1, 0.15) is 0 Å². The minimum Gasteiger partial charge on any atom is -0.357 e. The summed E-state index contributed by atoms with van der Waals surface area (Å²) in [6.45, 7) is 0. The molecular weight excluding hydrogens is 356 g/mol. The van der Waals surface area contributed by atoms with Gasteiger partial charge in [0, 0.05) is 51.9 Å². The quantitative estimate of drug-likeness (QED) is 0.412. The minimum atomic E-state index is -0.475. The summed E-state index contributed by atoms with van der Waals surface area (Å²) >= 11 is 0. The average Bonchev–Trinajstić information content (AvgIpc) is 3.06. The Kier molecular flexibility index (Phi) is 4.49. The van der Waals surface area contributed by atoms with Gasteiger partial charge < -0.3 is 15.6 Å². The first-order valence-corrected chi connectivity index (χ1v) is 9.21. The van der Waals surface area contributed by atoms with Gasteiger partial charge in [-0.2, -0.15) is 0 Å². The highest BCUT2D eigenvalue weighted by molar-refractivity contribution is 6.10. The lowest BCUT2D eigenvalue weighted by Crippen LogP contribution is -2.37. The van der Waals surface area contributed by atoms with E-state index in [0.717, 1.165) is 29.4 Å². The van der Waals surface area contributed by atoms with Crippen LogP contribution in [0.2, 0.25) is 0 Å². The number of benzene rings is 2. The largest absolute Gasteiger partial charge is 0.357 e. The van der Waals surface area contributed by atoms with Crippen LogP contribution in [0.1, 0.15) is 39.6 Å². The molecule has 1 aromatic heterocycles. The van der Waals surface area contributed by atoms with Crippen LogP contribution in [-0.2, 0) is 6.42 Å². The number of aromatic nitrogens is 1. The molecule has 2 atom stereocenters. The molecule has 1 aliphatic carbocycles. The van der Waals surface area contributed by atoms with Crippen LogP contribution in [-0.4, -0.2) is 40.7 Å². The van der Waals surface area contributed by atoms with Crippen LogP contribution in [0.4, 0.5) is 5.69 Å². The number of nitro groups is 1. The molecule has 0 bridgehead atoms. The van der Waals surface area contributed by atoms with E-state index in [1.165, 1.54) is 29.8 Å². The monoisotopic (exact) mass is 378 g/mol. The minimum absolute atomic E-state index is 0.0320. The second-order valence-electron chi connectivity index (χ2n) is 7.57. The van der Waals surface area contributed by atoms with Crippen molar-refractivity contribution in [2.75, 3.05) is 14.1 Å². The molecule has 7 nitrogen and oxygen atoms in total. The van der Waals surface area contributed by atoms with Gasteiger partial charge in [0.15, 0.2) is 5.78 Å². The number of aromatic amines is 1. The maximum Gasteiger partial charge on any atom is 0.269 e. The van der Waals surface area contributed by atoms with Gasteiger partial charge in [0.05, 0.1) is 4.92 Å². The van der Waals surface area contributed by atoms with Crippen molar-refractivity contribution in [3.63, 3.8) is 0 Å². The third kappa shape index (κ3) is 3.08. The molecule has 0 fully saturated rings. The van der Waals surface area contributed by atoms with E-state index >= 15 is 0 Å². The number of carbonyl (C=O) groups is 1. The molecule has 0 radical (unpaired) electrons. The van der Waals surface area contributed by atoms with Gasteiger partial charge in [0.2, 0.25) is 0 Å². The first-order chi connectivity index (χ1) is 13.3. The van der Waals surface area contributed by atoms with Crippen molar-refractivity contribution in [2.24, 2.45) is 5.73 Å². The highest BCUT2D eigenvalue weighted by Gasteiger charge is 2.29. The molecule has 0 aliphatic heterocycles. The zero-order valence-electron chi connectivity index (χ0n) is 15.8. The van der Waals surface area contributed by atoms with Crippen molar-refractivity contribution in [1.29, 1.82) is 0 Å². The number of non-ortho nitro benzene ring substituents is 1. The highest BCUT2D eigenvalue weighted by Crippen LogP contribution is 2.35. The van der Waals surface area contributed by atoms with Gasteiger partial charge in [-0.05, 0) is 62.8 Å². The Bertz CT molecular complexity index is 1070. The fourth-order valence-electron chi connectivity index (χ4n) is 3.97. The van der Waals surface area contributed by atoms with Gasteiger partial charge >= 0.3 is 0 Å². The Morgan fingerprint density at radius 2 is 1.86 bits per heavy atom. The molecule has 144 valence electrons. The van der Waals surface area contributed by atoms with E-state index < -0.39 is 4.92 Å². The molecule has 3 aromatic rings. The molecule has 0 saturated carbocycles. The Morgan fingerprint density at radius 1 is 1.18 bits per heavy atom. The number of H-pyrrole nitrogens is 1. The summed E-state index contributed by atoms with van der Waals surface area (Å²) in [6.07, 6.45) is 1.77. The smallest absolute Gasteiger partial charge is 0.269 e. The Morgan fingerprint density at radius 3 is 2.50 bits per heavy atom. The lowest BCUT2D eigenvalue weighted by molar-refractivity contribution is -0.384. The van der Waals surface area contributed by atoms with Crippen molar-refractivity contribution in [1.82, 2.24) is 9.88 Å². The van der Waals surface area contributed by atoms with E-state index in [4.69, 9.17) is 5.73 Å². The van der Waals surface area contributed by atoms with Crippen molar-refractivity contribution in [3.05, 3.63) is 75.0 Å². The third-order valence-electron chi connectivity index (χ3n) is 5.61. The molecule has 4 rings (SSSR count). The molecule has 7 heteroatoms. The Balaban J connectivity index is 1.72. The lowest BCUT2D eigenvalue weighted by Gasteiger charge is -2.31. The van der Waals surface area contributed by atoms with E-state index in [2.05, 4.69) is 24.0 Å².